The first kappa shape index (κ1) is 15.0. The summed E-state index contributed by atoms with van der Waals surface area (Å²) in [6, 6.07) is 18.8. The maximum atomic E-state index is 5.47. The topological polar surface area (TPSA) is 34.4 Å². The van der Waals surface area contributed by atoms with E-state index in [1.165, 1.54) is 27.4 Å². The van der Waals surface area contributed by atoms with Crippen LogP contribution in [0.25, 0.3) is 32.9 Å². The Morgan fingerprint density at radius 2 is 1.58 bits per heavy atom. The van der Waals surface area contributed by atoms with Crippen molar-refractivity contribution in [2.24, 2.45) is 7.05 Å². The number of hydrogen-bond acceptors (Lipinski definition) is 3. The van der Waals surface area contributed by atoms with Crippen LogP contribution in [0.15, 0.2) is 54.6 Å². The summed E-state index contributed by atoms with van der Waals surface area (Å²) in [7, 11) is 5.53. The van der Waals surface area contributed by atoms with Gasteiger partial charge in [-0.3, -0.25) is 0 Å². The summed E-state index contributed by atoms with van der Waals surface area (Å²) in [4.78, 5) is 0. The zero-order valence-corrected chi connectivity index (χ0v) is 15.0. The van der Waals surface area contributed by atoms with Gasteiger partial charge in [0.1, 0.15) is 18.5 Å². The molecule has 0 radical (unpaired) electrons. The molecule has 128 valence electrons. The molecule has 5 rings (SSSR count). The van der Waals surface area contributed by atoms with Crippen LogP contribution >= 0.6 is 0 Å². The number of aryl methyl sites for hydroxylation is 1. The zero-order chi connectivity index (χ0) is 17.8. The molecule has 0 spiro atoms. The van der Waals surface area contributed by atoms with E-state index in [9.17, 15) is 0 Å². The van der Waals surface area contributed by atoms with E-state index >= 15 is 0 Å². The molecule has 0 amide bonds. The Morgan fingerprint density at radius 3 is 2.38 bits per heavy atom. The summed E-state index contributed by atoms with van der Waals surface area (Å²) < 4.78 is 13.2. The van der Waals surface area contributed by atoms with E-state index in [-0.39, 0.29) is 0 Å². The molecule has 4 aromatic rings. The van der Waals surface area contributed by atoms with Crippen LogP contribution < -0.4 is 19.4 Å². The maximum absolute atomic E-state index is 5.47. The van der Waals surface area contributed by atoms with Crippen molar-refractivity contribution in [1.29, 1.82) is 0 Å². The van der Waals surface area contributed by atoms with Crippen molar-refractivity contribution in [2.75, 3.05) is 19.5 Å². The summed E-state index contributed by atoms with van der Waals surface area (Å²) in [6.45, 7) is 0. The number of hydrogen-bond donors (Lipinski definition) is 1. The lowest BCUT2D eigenvalue weighted by Crippen LogP contribution is -2.33. The molecule has 4 nitrogen and oxygen atoms in total. The average Bonchev–Trinajstić information content (AvgIpc) is 2.69. The van der Waals surface area contributed by atoms with Crippen LogP contribution in [0.2, 0.25) is 0 Å². The highest BCUT2D eigenvalue weighted by molar-refractivity contribution is 6.17. The van der Waals surface area contributed by atoms with Gasteiger partial charge in [-0.25, -0.2) is 0 Å². The predicted octanol–water partition coefficient (Wildman–Crippen LogP) is 4.56. The minimum Gasteiger partial charge on any atom is -0.497 e. The second-order valence-corrected chi connectivity index (χ2v) is 6.56. The molecule has 1 aliphatic rings. The van der Waals surface area contributed by atoms with Gasteiger partial charge < -0.3 is 14.8 Å². The Kier molecular flexibility index (Phi) is 3.10. The lowest BCUT2D eigenvalue weighted by molar-refractivity contribution is -0.632. The van der Waals surface area contributed by atoms with Gasteiger partial charge in [-0.15, -0.1) is 0 Å². The first-order chi connectivity index (χ1) is 12.7. The molecule has 0 atom stereocenters. The molecule has 0 unspecified atom stereocenters. The van der Waals surface area contributed by atoms with Gasteiger partial charge in [0.05, 0.1) is 41.9 Å². The fourth-order valence-corrected chi connectivity index (χ4v) is 3.99. The number of ether oxygens (including phenoxy) is 2. The quantitative estimate of drug-likeness (QED) is 0.377. The van der Waals surface area contributed by atoms with Gasteiger partial charge in [-0.05, 0) is 36.4 Å². The number of pyridine rings is 1. The molecule has 3 aromatic carbocycles. The van der Waals surface area contributed by atoms with Crippen molar-refractivity contribution in [1.82, 2.24) is 0 Å². The van der Waals surface area contributed by atoms with Gasteiger partial charge in [0, 0.05) is 11.5 Å². The number of rotatable bonds is 2. The Bertz CT molecular complexity index is 1200. The summed E-state index contributed by atoms with van der Waals surface area (Å²) in [5.74, 6) is 1.72. The molecule has 4 heteroatoms. The van der Waals surface area contributed by atoms with Crippen molar-refractivity contribution < 1.29 is 14.0 Å². The number of nitrogens with one attached hydrogen (secondary N) is 1. The standard InChI is InChI=1S/C22H18N2O2/c1-24-20-10-8-14(26-3)11-16(20)15-5-4-6-19-21(15)22(24)17-12-13(25-2)7-9-18(17)23-19/h4-12H,1-3H3/p+1. The molecule has 26 heavy (non-hydrogen) atoms. The SMILES string of the molecule is COc1ccc2c(c1)-c1c3c(cccc3c3cc(OC)ccc3[n+]1C)N2. The van der Waals surface area contributed by atoms with Crippen LogP contribution in [0.5, 0.6) is 11.5 Å². The second-order valence-electron chi connectivity index (χ2n) is 6.56. The summed E-state index contributed by atoms with van der Waals surface area (Å²) in [5.41, 5.74) is 5.72. The van der Waals surface area contributed by atoms with E-state index in [0.29, 0.717) is 0 Å². The first-order valence-corrected chi connectivity index (χ1v) is 8.59. The van der Waals surface area contributed by atoms with Crippen LogP contribution in [-0.2, 0) is 7.05 Å². The highest BCUT2D eigenvalue weighted by Gasteiger charge is 2.29. The third-order valence-corrected chi connectivity index (χ3v) is 5.24. The minimum atomic E-state index is 0.855. The first-order valence-electron chi connectivity index (χ1n) is 8.59. The van der Waals surface area contributed by atoms with Crippen molar-refractivity contribution in [3.8, 4) is 22.8 Å². The highest BCUT2D eigenvalue weighted by Crippen LogP contribution is 2.45. The summed E-state index contributed by atoms with van der Waals surface area (Å²) in [6.07, 6.45) is 0. The Morgan fingerprint density at radius 1 is 0.808 bits per heavy atom. The third kappa shape index (κ3) is 1.93. The van der Waals surface area contributed by atoms with Gasteiger partial charge in [0.15, 0.2) is 0 Å². The third-order valence-electron chi connectivity index (χ3n) is 5.24. The van der Waals surface area contributed by atoms with Gasteiger partial charge in [0.2, 0.25) is 11.2 Å². The lowest BCUT2D eigenvalue weighted by atomic mass is 9.94. The van der Waals surface area contributed by atoms with E-state index in [0.717, 1.165) is 28.4 Å². The van der Waals surface area contributed by atoms with Crippen LogP contribution in [0.3, 0.4) is 0 Å². The molecule has 0 saturated carbocycles. The highest BCUT2D eigenvalue weighted by atomic mass is 16.5. The lowest BCUT2D eigenvalue weighted by Gasteiger charge is -2.21. The molecular weight excluding hydrogens is 324 g/mol. The fourth-order valence-electron chi connectivity index (χ4n) is 3.99. The van der Waals surface area contributed by atoms with Crippen molar-refractivity contribution in [3.63, 3.8) is 0 Å². The number of nitrogens with zero attached hydrogens (tertiary/aromatic N) is 1. The van der Waals surface area contributed by atoms with Crippen molar-refractivity contribution in [3.05, 3.63) is 54.6 Å². The number of methoxy groups -OCH3 is 2. The molecule has 0 bridgehead atoms. The Hall–Kier alpha value is -3.27. The predicted molar refractivity (Wildman–Crippen MR) is 104 cm³/mol. The van der Waals surface area contributed by atoms with Gasteiger partial charge in [-0.2, -0.15) is 4.57 Å². The van der Waals surface area contributed by atoms with E-state index in [4.69, 9.17) is 9.47 Å². The van der Waals surface area contributed by atoms with Crippen molar-refractivity contribution in [2.45, 2.75) is 0 Å². The van der Waals surface area contributed by atoms with Crippen LogP contribution in [-0.4, -0.2) is 14.2 Å². The largest absolute Gasteiger partial charge is 0.497 e. The monoisotopic (exact) mass is 343 g/mol. The minimum absolute atomic E-state index is 0.855. The summed E-state index contributed by atoms with van der Waals surface area (Å²) >= 11 is 0. The molecule has 0 aliphatic carbocycles. The van der Waals surface area contributed by atoms with E-state index in [1.54, 1.807) is 14.2 Å². The van der Waals surface area contributed by atoms with Gasteiger partial charge in [0.25, 0.3) is 0 Å². The second kappa shape index (κ2) is 5.36. The van der Waals surface area contributed by atoms with Gasteiger partial charge >= 0.3 is 0 Å². The molecule has 1 N–H and O–H groups in total. The number of aromatic nitrogens is 1. The molecular formula is C22H19N2O2+. The van der Waals surface area contributed by atoms with Crippen molar-refractivity contribution >= 4 is 33.1 Å². The maximum Gasteiger partial charge on any atom is 0.225 e. The molecule has 2 heterocycles. The average molecular weight is 343 g/mol. The van der Waals surface area contributed by atoms with Crippen LogP contribution in [0, 0.1) is 0 Å². The van der Waals surface area contributed by atoms with Crippen LogP contribution in [0.1, 0.15) is 0 Å². The molecule has 0 fully saturated rings. The van der Waals surface area contributed by atoms with E-state index in [2.05, 4.69) is 59.4 Å². The number of anilines is 2. The normalized spacial score (nSPS) is 12.0. The van der Waals surface area contributed by atoms with E-state index in [1.807, 2.05) is 12.1 Å². The fraction of sp³-hybridized carbons (Fsp3) is 0.136. The van der Waals surface area contributed by atoms with Gasteiger partial charge in [-0.1, -0.05) is 12.1 Å². The summed E-state index contributed by atoms with van der Waals surface area (Å²) in [5, 5.41) is 7.19. The van der Waals surface area contributed by atoms with E-state index < -0.39 is 0 Å². The molecule has 0 saturated heterocycles. The molecule has 1 aliphatic heterocycles. The Labute approximate surface area is 151 Å². The smallest absolute Gasteiger partial charge is 0.225 e. The zero-order valence-electron chi connectivity index (χ0n) is 15.0. The Balaban J connectivity index is 1.99. The molecule has 1 aromatic heterocycles. The number of benzene rings is 3. The van der Waals surface area contributed by atoms with Crippen LogP contribution in [0.4, 0.5) is 11.4 Å². The number of fused-ring (bicyclic) bond motifs is 4.